The van der Waals surface area contributed by atoms with Gasteiger partial charge in [0, 0.05) is 17.3 Å². The molecule has 0 saturated carbocycles. The van der Waals surface area contributed by atoms with E-state index in [0.29, 0.717) is 5.56 Å². The first-order valence-electron chi connectivity index (χ1n) is 6.54. The summed E-state index contributed by atoms with van der Waals surface area (Å²) in [6.45, 7) is 0. The zero-order valence-electron chi connectivity index (χ0n) is 12.0. The highest BCUT2D eigenvalue weighted by atomic mass is 19.4. The highest BCUT2D eigenvalue weighted by Crippen LogP contribution is 2.58. The van der Waals surface area contributed by atoms with Crippen LogP contribution >= 0.6 is 0 Å². The number of alkyl halides is 9. The molecule has 0 saturated heterocycles. The summed E-state index contributed by atoms with van der Waals surface area (Å²) in [6.07, 6.45) is -13.7. The minimum absolute atomic E-state index is 0.0172. The van der Waals surface area contributed by atoms with Crippen LogP contribution in [0.15, 0.2) is 48.7 Å². The number of hydrogen-bond acceptors (Lipinski definition) is 1. The number of benzene rings is 1. The molecule has 0 spiro atoms. The molecule has 1 aromatic heterocycles. The van der Waals surface area contributed by atoms with Crippen LogP contribution in [0.25, 0.3) is 11.3 Å². The van der Waals surface area contributed by atoms with Gasteiger partial charge >= 0.3 is 23.9 Å². The van der Waals surface area contributed by atoms with Gasteiger partial charge < -0.3 is 0 Å². The number of halogens is 9. The molecule has 0 bridgehead atoms. The molecule has 0 aliphatic carbocycles. The maximum absolute atomic E-state index is 13.9. The van der Waals surface area contributed by atoms with Crippen LogP contribution in [0.3, 0.4) is 0 Å². The molecule has 1 nitrogen and oxygen atoms in total. The molecule has 136 valence electrons. The van der Waals surface area contributed by atoms with Crippen molar-refractivity contribution in [1.82, 2.24) is 4.98 Å². The molecule has 0 fully saturated rings. The van der Waals surface area contributed by atoms with Crippen molar-refractivity contribution >= 4 is 0 Å². The molecule has 0 unspecified atom stereocenters. The van der Waals surface area contributed by atoms with Gasteiger partial charge in [0.05, 0.1) is 5.69 Å². The van der Waals surface area contributed by atoms with Crippen molar-refractivity contribution in [1.29, 1.82) is 0 Å². The fraction of sp³-hybridized carbons (Fsp3) is 0.267. The van der Waals surface area contributed by atoms with E-state index in [2.05, 4.69) is 4.98 Å². The summed E-state index contributed by atoms with van der Waals surface area (Å²) in [7, 11) is 0. The lowest BCUT2D eigenvalue weighted by atomic mass is 9.90. The first-order chi connectivity index (χ1) is 11.3. The van der Waals surface area contributed by atoms with E-state index in [1.165, 1.54) is 12.1 Å². The number of hydrogen-bond donors (Lipinski definition) is 0. The molecule has 2 rings (SSSR count). The summed E-state index contributed by atoms with van der Waals surface area (Å²) in [6, 6.07) is 8.78. The maximum Gasteiger partial charge on any atom is 0.438 e. The Hall–Kier alpha value is -2.26. The van der Waals surface area contributed by atoms with Crippen molar-refractivity contribution in [3.63, 3.8) is 0 Å². The topological polar surface area (TPSA) is 12.9 Å². The predicted molar refractivity (Wildman–Crippen MR) is 69.5 cm³/mol. The van der Waals surface area contributed by atoms with Gasteiger partial charge in [0.2, 0.25) is 0 Å². The van der Waals surface area contributed by atoms with Crippen LogP contribution in [0.2, 0.25) is 0 Å². The Morgan fingerprint density at radius 2 is 1.16 bits per heavy atom. The zero-order chi connectivity index (χ0) is 19.1. The third-order valence-electron chi connectivity index (χ3n) is 3.41. The van der Waals surface area contributed by atoms with Gasteiger partial charge in [-0.05, 0) is 12.1 Å². The standard InChI is InChI=1S/C15H8F9N/c16-12(17,13(18,14(19,20)21)15(22,23)24)10-6-7-11(25-8-10)9-4-2-1-3-5-9/h1-8H. The van der Waals surface area contributed by atoms with Gasteiger partial charge in [0.15, 0.2) is 0 Å². The second kappa shape index (κ2) is 5.92. The van der Waals surface area contributed by atoms with Crippen molar-refractivity contribution in [3.05, 3.63) is 54.2 Å². The van der Waals surface area contributed by atoms with Gasteiger partial charge in [0.25, 0.3) is 0 Å². The minimum atomic E-state index is -6.88. The lowest BCUT2D eigenvalue weighted by Crippen LogP contribution is -2.63. The smallest absolute Gasteiger partial charge is 0.256 e. The van der Waals surface area contributed by atoms with Crippen molar-refractivity contribution in [2.45, 2.75) is 23.9 Å². The van der Waals surface area contributed by atoms with Crippen LogP contribution in [-0.4, -0.2) is 23.0 Å². The molecular weight excluding hydrogens is 365 g/mol. The largest absolute Gasteiger partial charge is 0.438 e. The number of aromatic nitrogens is 1. The van der Waals surface area contributed by atoms with Crippen molar-refractivity contribution in [3.8, 4) is 11.3 Å². The normalized spacial score (nSPS) is 13.8. The van der Waals surface area contributed by atoms with E-state index in [-0.39, 0.29) is 18.0 Å². The maximum atomic E-state index is 13.9. The monoisotopic (exact) mass is 373 g/mol. The quantitative estimate of drug-likeness (QED) is 0.632. The van der Waals surface area contributed by atoms with Gasteiger partial charge in [-0.1, -0.05) is 30.3 Å². The Morgan fingerprint density at radius 3 is 1.56 bits per heavy atom. The van der Waals surface area contributed by atoms with Gasteiger partial charge in [-0.15, -0.1) is 0 Å². The van der Waals surface area contributed by atoms with Gasteiger partial charge in [-0.2, -0.15) is 35.1 Å². The van der Waals surface area contributed by atoms with Crippen LogP contribution in [0.4, 0.5) is 39.5 Å². The van der Waals surface area contributed by atoms with E-state index in [1.54, 1.807) is 18.2 Å². The van der Waals surface area contributed by atoms with Crippen LogP contribution in [0.5, 0.6) is 0 Å². The van der Waals surface area contributed by atoms with E-state index in [4.69, 9.17) is 0 Å². The Labute approximate surface area is 135 Å². The summed E-state index contributed by atoms with van der Waals surface area (Å²) in [5, 5.41) is 0. The molecule has 10 heteroatoms. The summed E-state index contributed by atoms with van der Waals surface area (Å²) < 4.78 is 117. The SMILES string of the molecule is FC(F)(F)C(F)(C(F)(F)F)C(F)(F)c1ccc(-c2ccccc2)nc1. The van der Waals surface area contributed by atoms with Gasteiger partial charge in [-0.25, -0.2) is 4.39 Å². The van der Waals surface area contributed by atoms with E-state index < -0.39 is 29.5 Å². The predicted octanol–water partition coefficient (Wildman–Crippen LogP) is 5.67. The Kier molecular flexibility index (Phi) is 4.52. The molecule has 0 aliphatic heterocycles. The highest BCUT2D eigenvalue weighted by Gasteiger charge is 2.84. The molecule has 1 heterocycles. The lowest BCUT2D eigenvalue weighted by Gasteiger charge is -2.36. The van der Waals surface area contributed by atoms with E-state index in [1.807, 2.05) is 0 Å². The summed E-state index contributed by atoms with van der Waals surface area (Å²) in [5.74, 6) is -5.92. The van der Waals surface area contributed by atoms with Gasteiger partial charge in [-0.3, -0.25) is 4.98 Å². The lowest BCUT2D eigenvalue weighted by molar-refractivity contribution is -0.400. The zero-order valence-corrected chi connectivity index (χ0v) is 12.0. The van der Waals surface area contributed by atoms with Gasteiger partial charge in [0.1, 0.15) is 0 Å². The summed E-state index contributed by atoms with van der Waals surface area (Å²) in [5.41, 5.74) is -8.19. The fourth-order valence-corrected chi connectivity index (χ4v) is 2.07. The number of rotatable bonds is 3. The summed E-state index contributed by atoms with van der Waals surface area (Å²) >= 11 is 0. The second-order valence-corrected chi connectivity index (χ2v) is 5.03. The first-order valence-corrected chi connectivity index (χ1v) is 6.54. The van der Waals surface area contributed by atoms with Crippen LogP contribution in [-0.2, 0) is 5.92 Å². The minimum Gasteiger partial charge on any atom is -0.256 e. The Morgan fingerprint density at radius 1 is 0.640 bits per heavy atom. The van der Waals surface area contributed by atoms with Crippen LogP contribution in [0.1, 0.15) is 5.56 Å². The summed E-state index contributed by atoms with van der Waals surface area (Å²) in [4.78, 5) is 3.41. The molecule has 0 N–H and O–H groups in total. The molecule has 0 amide bonds. The second-order valence-electron chi connectivity index (χ2n) is 5.03. The number of nitrogens with zero attached hydrogens (tertiary/aromatic N) is 1. The van der Waals surface area contributed by atoms with E-state index in [9.17, 15) is 39.5 Å². The first kappa shape index (κ1) is 19.1. The molecule has 2 aromatic rings. The molecule has 0 aliphatic rings. The third kappa shape index (κ3) is 3.05. The third-order valence-corrected chi connectivity index (χ3v) is 3.41. The molecule has 0 atom stereocenters. The molecule has 1 aromatic carbocycles. The Balaban J connectivity index is 2.51. The van der Waals surface area contributed by atoms with Crippen molar-refractivity contribution in [2.75, 3.05) is 0 Å². The van der Waals surface area contributed by atoms with Crippen LogP contribution in [0, 0.1) is 0 Å². The van der Waals surface area contributed by atoms with Crippen molar-refractivity contribution in [2.24, 2.45) is 0 Å². The average molecular weight is 373 g/mol. The highest BCUT2D eigenvalue weighted by molar-refractivity contribution is 5.58. The van der Waals surface area contributed by atoms with E-state index in [0.717, 1.165) is 6.07 Å². The Bertz CT molecular complexity index is 703. The molecular formula is C15H8F9N. The fourth-order valence-electron chi connectivity index (χ4n) is 2.07. The average Bonchev–Trinajstić information content (AvgIpc) is 2.53. The van der Waals surface area contributed by atoms with Crippen molar-refractivity contribution < 1.29 is 39.5 Å². The number of pyridine rings is 1. The molecule has 0 radical (unpaired) electrons. The van der Waals surface area contributed by atoms with E-state index >= 15 is 0 Å². The van der Waals surface area contributed by atoms with Crippen LogP contribution < -0.4 is 0 Å². The molecule has 25 heavy (non-hydrogen) atoms.